The van der Waals surface area contributed by atoms with Gasteiger partial charge < -0.3 is 9.47 Å². The monoisotopic (exact) mass is 314 g/mol. The molecule has 23 heavy (non-hydrogen) atoms. The molecule has 2 heteroatoms. The van der Waals surface area contributed by atoms with Gasteiger partial charge in [-0.15, -0.1) is 0 Å². The molecule has 0 amide bonds. The predicted molar refractivity (Wildman–Crippen MR) is 92.9 cm³/mol. The second kappa shape index (κ2) is 5.60. The van der Waals surface area contributed by atoms with Crippen molar-refractivity contribution in [1.29, 1.82) is 0 Å². The van der Waals surface area contributed by atoms with Crippen LogP contribution in [-0.4, -0.2) is 18.0 Å². The van der Waals surface area contributed by atoms with Crippen LogP contribution in [-0.2, 0) is 9.47 Å². The first-order valence-electron chi connectivity index (χ1n) is 9.42. The number of hydrogen-bond acceptors (Lipinski definition) is 2. The molecule has 6 atom stereocenters. The molecule has 0 aromatic rings. The van der Waals surface area contributed by atoms with E-state index in [0.29, 0.717) is 24.0 Å². The largest absolute Gasteiger partial charge is 0.345 e. The van der Waals surface area contributed by atoms with Crippen LogP contribution in [0.15, 0.2) is 35.5 Å². The van der Waals surface area contributed by atoms with Gasteiger partial charge in [0.1, 0.15) is 0 Å². The highest BCUT2D eigenvalue weighted by Crippen LogP contribution is 2.52. The highest BCUT2D eigenvalue weighted by Gasteiger charge is 2.54. The maximum absolute atomic E-state index is 6.17. The molecule has 1 saturated heterocycles. The van der Waals surface area contributed by atoms with E-state index in [0.717, 1.165) is 24.7 Å². The van der Waals surface area contributed by atoms with Gasteiger partial charge in [-0.3, -0.25) is 0 Å². The molecule has 0 bridgehead atoms. The van der Waals surface area contributed by atoms with Gasteiger partial charge in [-0.05, 0) is 74.3 Å². The highest BCUT2D eigenvalue weighted by molar-refractivity contribution is 5.36. The molecular formula is C21H30O2. The summed E-state index contributed by atoms with van der Waals surface area (Å²) in [6.45, 7) is 8.78. The maximum Gasteiger partial charge on any atom is 0.163 e. The lowest BCUT2D eigenvalue weighted by Gasteiger charge is -2.23. The molecule has 0 N–H and O–H groups in total. The second-order valence-electron chi connectivity index (χ2n) is 8.35. The van der Waals surface area contributed by atoms with Crippen LogP contribution in [0.25, 0.3) is 0 Å². The zero-order valence-electron chi connectivity index (χ0n) is 14.9. The summed E-state index contributed by atoms with van der Waals surface area (Å²) in [6.07, 6.45) is 15.0. The summed E-state index contributed by atoms with van der Waals surface area (Å²) < 4.78 is 12.3. The lowest BCUT2D eigenvalue weighted by molar-refractivity contribution is -0.158. The molecule has 1 heterocycles. The summed E-state index contributed by atoms with van der Waals surface area (Å²) in [5.74, 6) is 2.42. The van der Waals surface area contributed by atoms with Crippen molar-refractivity contribution in [2.75, 3.05) is 0 Å². The summed E-state index contributed by atoms with van der Waals surface area (Å²) in [5.41, 5.74) is 3.07. The maximum atomic E-state index is 6.17. The Balaban J connectivity index is 1.44. The average molecular weight is 314 g/mol. The zero-order chi connectivity index (χ0) is 16.2. The van der Waals surface area contributed by atoms with Crippen LogP contribution in [0.1, 0.15) is 53.4 Å². The van der Waals surface area contributed by atoms with Crippen LogP contribution in [0, 0.1) is 23.7 Å². The molecule has 2 nitrogen and oxygen atoms in total. The Labute approximate surface area is 140 Å². The van der Waals surface area contributed by atoms with Crippen molar-refractivity contribution in [1.82, 2.24) is 0 Å². The van der Waals surface area contributed by atoms with E-state index in [2.05, 4.69) is 38.2 Å². The van der Waals surface area contributed by atoms with E-state index in [-0.39, 0.29) is 0 Å². The molecule has 1 saturated carbocycles. The van der Waals surface area contributed by atoms with Crippen molar-refractivity contribution in [3.8, 4) is 0 Å². The van der Waals surface area contributed by atoms with Crippen LogP contribution in [0.2, 0.25) is 0 Å². The topological polar surface area (TPSA) is 18.5 Å². The number of hydrogen-bond donors (Lipinski definition) is 0. The summed E-state index contributed by atoms with van der Waals surface area (Å²) in [7, 11) is 0. The van der Waals surface area contributed by atoms with Gasteiger partial charge in [-0.25, -0.2) is 0 Å². The Bertz CT molecular complexity index is 568. The van der Waals surface area contributed by atoms with Gasteiger partial charge in [0.2, 0.25) is 0 Å². The van der Waals surface area contributed by atoms with Crippen molar-refractivity contribution in [3.05, 3.63) is 35.5 Å². The molecule has 1 aliphatic heterocycles. The van der Waals surface area contributed by atoms with E-state index < -0.39 is 5.79 Å². The van der Waals surface area contributed by atoms with Gasteiger partial charge in [0.25, 0.3) is 0 Å². The minimum Gasteiger partial charge on any atom is -0.345 e. The molecule has 0 radical (unpaired) electrons. The quantitative estimate of drug-likeness (QED) is 0.728. The van der Waals surface area contributed by atoms with Crippen LogP contribution in [0.3, 0.4) is 0 Å². The standard InChI is InChI=1S/C21H30O2/c1-5-16-13(2)6-7-14(16)8-9-15-10-11-17-18(15)12-19-20(17)23-21(3,4)22-19/h7-10,13,16-20H,5-6,11-12H2,1-4H3/b9-8-/t13-,16-,17+,18-,19-,20+/m1/s1. The molecule has 4 rings (SSSR count). The van der Waals surface area contributed by atoms with Crippen molar-refractivity contribution < 1.29 is 9.47 Å². The third kappa shape index (κ3) is 2.64. The van der Waals surface area contributed by atoms with Crippen LogP contribution in [0.4, 0.5) is 0 Å². The lowest BCUT2D eigenvalue weighted by atomic mass is 9.89. The second-order valence-corrected chi connectivity index (χ2v) is 8.35. The van der Waals surface area contributed by atoms with E-state index in [9.17, 15) is 0 Å². The highest BCUT2D eigenvalue weighted by atomic mass is 16.8. The van der Waals surface area contributed by atoms with E-state index in [4.69, 9.17) is 9.47 Å². The third-order valence-electron chi connectivity index (χ3n) is 6.45. The molecule has 0 unspecified atom stereocenters. The molecule has 3 aliphatic carbocycles. The van der Waals surface area contributed by atoms with Crippen LogP contribution < -0.4 is 0 Å². The normalized spacial score (nSPS) is 44.5. The Kier molecular flexibility index (Phi) is 3.81. The summed E-state index contributed by atoms with van der Waals surface area (Å²) in [6, 6.07) is 0. The van der Waals surface area contributed by atoms with Crippen LogP contribution in [0.5, 0.6) is 0 Å². The molecule has 0 spiro atoms. The van der Waals surface area contributed by atoms with Crippen molar-refractivity contribution >= 4 is 0 Å². The molecule has 4 aliphatic rings. The molecule has 2 fully saturated rings. The third-order valence-corrected chi connectivity index (χ3v) is 6.45. The van der Waals surface area contributed by atoms with E-state index in [1.807, 2.05) is 13.8 Å². The molecule has 0 aromatic heterocycles. The summed E-state index contributed by atoms with van der Waals surface area (Å²) in [5, 5.41) is 0. The number of ether oxygens (including phenoxy) is 2. The first kappa shape index (κ1) is 15.7. The first-order chi connectivity index (χ1) is 11.0. The van der Waals surface area contributed by atoms with Gasteiger partial charge >= 0.3 is 0 Å². The Morgan fingerprint density at radius 3 is 2.65 bits per heavy atom. The van der Waals surface area contributed by atoms with Gasteiger partial charge in [-0.1, -0.05) is 38.2 Å². The smallest absolute Gasteiger partial charge is 0.163 e. The number of rotatable bonds is 3. The molecular weight excluding hydrogens is 284 g/mol. The molecule has 126 valence electrons. The van der Waals surface area contributed by atoms with Crippen molar-refractivity contribution in [3.63, 3.8) is 0 Å². The zero-order valence-corrected chi connectivity index (χ0v) is 14.9. The van der Waals surface area contributed by atoms with E-state index >= 15 is 0 Å². The van der Waals surface area contributed by atoms with E-state index in [1.165, 1.54) is 18.4 Å². The van der Waals surface area contributed by atoms with Crippen LogP contribution >= 0.6 is 0 Å². The Hall–Kier alpha value is -0.860. The van der Waals surface area contributed by atoms with Gasteiger partial charge in [0.15, 0.2) is 5.79 Å². The Morgan fingerprint density at radius 2 is 1.87 bits per heavy atom. The van der Waals surface area contributed by atoms with Gasteiger partial charge in [0.05, 0.1) is 12.2 Å². The fourth-order valence-corrected chi connectivity index (χ4v) is 5.35. The van der Waals surface area contributed by atoms with Crippen molar-refractivity contribution in [2.45, 2.75) is 71.4 Å². The SMILES string of the molecule is CC[C@H]1C(/C=C\C2=CC[C@@H]3[C@@H]4OC(C)(C)O[C@@H]4C[C@H]23)=CC[C@H]1C. The van der Waals surface area contributed by atoms with Gasteiger partial charge in [-0.2, -0.15) is 0 Å². The average Bonchev–Trinajstić information content (AvgIpc) is 3.18. The number of fused-ring (bicyclic) bond motifs is 3. The van der Waals surface area contributed by atoms with Gasteiger partial charge in [0, 0.05) is 0 Å². The fourth-order valence-electron chi connectivity index (χ4n) is 5.35. The lowest BCUT2D eigenvalue weighted by Crippen LogP contribution is -2.26. The summed E-state index contributed by atoms with van der Waals surface area (Å²) in [4.78, 5) is 0. The predicted octanol–water partition coefficient (Wildman–Crippen LogP) is 5.02. The van der Waals surface area contributed by atoms with Crippen molar-refractivity contribution in [2.24, 2.45) is 23.7 Å². The minimum absolute atomic E-state index is 0.297. The first-order valence-corrected chi connectivity index (χ1v) is 9.42. The minimum atomic E-state index is -0.391. The summed E-state index contributed by atoms with van der Waals surface area (Å²) >= 11 is 0. The fraction of sp³-hybridized carbons (Fsp3) is 0.714. The van der Waals surface area contributed by atoms with E-state index in [1.54, 1.807) is 5.57 Å². The Morgan fingerprint density at radius 1 is 1.13 bits per heavy atom. The molecule has 0 aromatic carbocycles. The number of allylic oxidation sites excluding steroid dienone is 6.